The quantitative estimate of drug-likeness (QED) is 0.311. The number of carbonyl (C=O) groups excluding carboxylic acids is 2. The Kier molecular flexibility index (Phi) is 10.5. The molecule has 1 fully saturated rings. The summed E-state index contributed by atoms with van der Waals surface area (Å²) in [7, 11) is -2.61. The first-order chi connectivity index (χ1) is 20.0. The monoisotopic (exact) mass is 615 g/mol. The Morgan fingerprint density at radius 1 is 1.02 bits per heavy atom. The first kappa shape index (κ1) is 31.3. The summed E-state index contributed by atoms with van der Waals surface area (Å²) in [4.78, 5) is 29.4. The van der Waals surface area contributed by atoms with Gasteiger partial charge in [0.05, 0.1) is 19.1 Å². The maximum atomic E-state index is 14.2. The molecule has 0 radical (unpaired) electrons. The molecule has 0 heterocycles. The number of benzene rings is 3. The highest BCUT2D eigenvalue weighted by Crippen LogP contribution is 2.33. The fraction of sp³-hybridized carbons (Fsp3) is 0.355. The lowest BCUT2D eigenvalue weighted by atomic mass is 10.0. The Morgan fingerprint density at radius 2 is 1.69 bits per heavy atom. The minimum atomic E-state index is -4.00. The SMILES string of the molecule is COc1ccc(Cl)cc1N(CC(=O)N(Cc1ccc(F)cc1)C(Cc1ccccc1)C(=O)NC1CCCC1)S(C)(=O)=O. The standard InChI is InChI=1S/C31H35ClFN3O5S/c1-41-29-17-14-24(32)19-27(29)36(42(2,39)40)21-30(37)35(20-23-12-15-25(33)16-13-23)28(18-22-8-4-3-5-9-22)31(38)34-26-10-6-7-11-26/h3-5,8-9,12-17,19,26,28H,6-7,10-11,18,20-21H2,1-2H3,(H,34,38). The maximum Gasteiger partial charge on any atom is 0.244 e. The normalized spacial score (nSPS) is 14.3. The lowest BCUT2D eigenvalue weighted by molar-refractivity contribution is -0.140. The van der Waals surface area contributed by atoms with Crippen molar-refractivity contribution in [2.45, 2.75) is 50.7 Å². The highest BCUT2D eigenvalue weighted by Gasteiger charge is 2.35. The van der Waals surface area contributed by atoms with E-state index >= 15 is 0 Å². The summed E-state index contributed by atoms with van der Waals surface area (Å²) in [5.41, 5.74) is 1.51. The number of hydrogen-bond donors (Lipinski definition) is 1. The van der Waals surface area contributed by atoms with E-state index in [1.807, 2.05) is 30.3 Å². The molecule has 1 unspecified atom stereocenters. The number of halogens is 2. The molecule has 2 amide bonds. The lowest BCUT2D eigenvalue weighted by Crippen LogP contribution is -2.54. The van der Waals surface area contributed by atoms with E-state index in [1.54, 1.807) is 18.2 Å². The molecule has 1 N–H and O–H groups in total. The summed E-state index contributed by atoms with van der Waals surface area (Å²) in [6, 6.07) is 18.5. The highest BCUT2D eigenvalue weighted by atomic mass is 35.5. The fourth-order valence-corrected chi connectivity index (χ4v) is 6.17. The second kappa shape index (κ2) is 14.0. The molecule has 42 heavy (non-hydrogen) atoms. The van der Waals surface area contributed by atoms with Crippen molar-refractivity contribution in [3.63, 3.8) is 0 Å². The summed E-state index contributed by atoms with van der Waals surface area (Å²) in [5, 5.41) is 3.37. The van der Waals surface area contributed by atoms with Crippen LogP contribution in [0.4, 0.5) is 10.1 Å². The van der Waals surface area contributed by atoms with Crippen molar-refractivity contribution in [1.29, 1.82) is 0 Å². The van der Waals surface area contributed by atoms with Gasteiger partial charge in [0.1, 0.15) is 24.2 Å². The molecule has 1 saturated carbocycles. The van der Waals surface area contributed by atoms with Crippen molar-refractivity contribution in [2.75, 3.05) is 24.2 Å². The first-order valence-electron chi connectivity index (χ1n) is 13.7. The lowest BCUT2D eigenvalue weighted by Gasteiger charge is -2.34. The van der Waals surface area contributed by atoms with Crippen molar-refractivity contribution in [3.8, 4) is 5.75 Å². The third-order valence-corrected chi connectivity index (χ3v) is 8.69. The highest BCUT2D eigenvalue weighted by molar-refractivity contribution is 7.92. The minimum absolute atomic E-state index is 0.00165. The van der Waals surface area contributed by atoms with Crippen LogP contribution in [0.1, 0.15) is 36.8 Å². The molecule has 0 aromatic heterocycles. The number of sulfonamides is 1. The minimum Gasteiger partial charge on any atom is -0.495 e. The van der Waals surface area contributed by atoms with Crippen LogP contribution in [0.5, 0.6) is 5.75 Å². The van der Waals surface area contributed by atoms with Crippen molar-refractivity contribution in [1.82, 2.24) is 10.2 Å². The number of amides is 2. The summed E-state index contributed by atoms with van der Waals surface area (Å²) in [5.74, 6) is -1.17. The van der Waals surface area contributed by atoms with Gasteiger partial charge in [-0.2, -0.15) is 0 Å². The molecule has 11 heteroatoms. The molecule has 3 aromatic rings. The van der Waals surface area contributed by atoms with E-state index in [9.17, 15) is 22.4 Å². The molecule has 1 aliphatic carbocycles. The molecular formula is C31H35ClFN3O5S. The van der Waals surface area contributed by atoms with Gasteiger partial charge in [0.15, 0.2) is 0 Å². The fourth-order valence-electron chi connectivity index (χ4n) is 5.16. The largest absolute Gasteiger partial charge is 0.495 e. The number of nitrogens with zero attached hydrogens (tertiary/aromatic N) is 2. The second-order valence-corrected chi connectivity index (χ2v) is 12.8. The third kappa shape index (κ3) is 8.23. The van der Waals surface area contributed by atoms with Crippen LogP contribution in [0.3, 0.4) is 0 Å². The van der Waals surface area contributed by atoms with Crippen molar-refractivity contribution in [3.05, 3.63) is 94.8 Å². The molecule has 224 valence electrons. The average Bonchev–Trinajstić information content (AvgIpc) is 3.47. The summed E-state index contributed by atoms with van der Waals surface area (Å²) in [6.45, 7) is -0.655. The van der Waals surface area contributed by atoms with E-state index in [0.29, 0.717) is 5.56 Å². The predicted molar refractivity (Wildman–Crippen MR) is 161 cm³/mol. The molecule has 0 saturated heterocycles. The van der Waals surface area contributed by atoms with Crippen LogP contribution in [0, 0.1) is 5.82 Å². The van der Waals surface area contributed by atoms with Gasteiger partial charge < -0.3 is 15.0 Å². The summed E-state index contributed by atoms with van der Waals surface area (Å²) in [6.07, 6.45) is 4.91. The molecule has 0 aliphatic heterocycles. The van der Waals surface area contributed by atoms with Crippen LogP contribution in [-0.4, -0.2) is 57.1 Å². The topological polar surface area (TPSA) is 96.0 Å². The molecule has 1 atom stereocenters. The van der Waals surface area contributed by atoms with Gasteiger partial charge in [-0.15, -0.1) is 0 Å². The van der Waals surface area contributed by atoms with E-state index in [4.69, 9.17) is 16.3 Å². The number of nitrogens with one attached hydrogen (secondary N) is 1. The van der Waals surface area contributed by atoms with Gasteiger partial charge in [-0.05, 0) is 54.3 Å². The molecule has 0 bridgehead atoms. The van der Waals surface area contributed by atoms with Gasteiger partial charge >= 0.3 is 0 Å². The van der Waals surface area contributed by atoms with E-state index in [1.165, 1.54) is 36.3 Å². The average molecular weight is 616 g/mol. The number of carbonyl (C=O) groups is 2. The van der Waals surface area contributed by atoms with E-state index in [2.05, 4.69) is 5.32 Å². The third-order valence-electron chi connectivity index (χ3n) is 7.33. The van der Waals surface area contributed by atoms with Crippen molar-refractivity contribution < 1.29 is 27.1 Å². The predicted octanol–water partition coefficient (Wildman–Crippen LogP) is 4.95. The van der Waals surface area contributed by atoms with E-state index in [0.717, 1.165) is 41.8 Å². The zero-order valence-corrected chi connectivity index (χ0v) is 25.2. The smallest absolute Gasteiger partial charge is 0.244 e. The molecule has 8 nitrogen and oxygen atoms in total. The number of rotatable bonds is 12. The number of methoxy groups -OCH3 is 1. The molecular weight excluding hydrogens is 581 g/mol. The van der Waals surface area contributed by atoms with Gasteiger partial charge in [-0.3, -0.25) is 13.9 Å². The van der Waals surface area contributed by atoms with Crippen LogP contribution >= 0.6 is 11.6 Å². The van der Waals surface area contributed by atoms with Crippen molar-refractivity contribution in [2.24, 2.45) is 0 Å². The van der Waals surface area contributed by atoms with Crippen LogP contribution in [-0.2, 0) is 32.6 Å². The molecule has 3 aromatic carbocycles. The zero-order chi connectivity index (χ0) is 30.3. The Balaban J connectivity index is 1.75. The Hall–Kier alpha value is -3.63. The van der Waals surface area contributed by atoms with Crippen LogP contribution in [0.2, 0.25) is 5.02 Å². The maximum absolute atomic E-state index is 14.2. The number of ether oxygens (including phenoxy) is 1. The molecule has 1 aliphatic rings. The Bertz CT molecular complexity index is 1480. The number of hydrogen-bond acceptors (Lipinski definition) is 5. The van der Waals surface area contributed by atoms with Gasteiger partial charge in [-0.1, -0.05) is 66.9 Å². The van der Waals surface area contributed by atoms with Gasteiger partial charge in [0, 0.05) is 24.0 Å². The summed E-state index contributed by atoms with van der Waals surface area (Å²) >= 11 is 6.19. The summed E-state index contributed by atoms with van der Waals surface area (Å²) < 4.78 is 46.1. The first-order valence-corrected chi connectivity index (χ1v) is 16.0. The van der Waals surface area contributed by atoms with Gasteiger partial charge in [0.2, 0.25) is 21.8 Å². The number of anilines is 1. The zero-order valence-electron chi connectivity index (χ0n) is 23.6. The van der Waals surface area contributed by atoms with E-state index < -0.39 is 34.3 Å². The second-order valence-electron chi connectivity index (χ2n) is 10.4. The molecule has 4 rings (SSSR count). The van der Waals surface area contributed by atoms with Crippen LogP contribution in [0.25, 0.3) is 0 Å². The molecule has 0 spiro atoms. The van der Waals surface area contributed by atoms with Gasteiger partial charge in [0.25, 0.3) is 0 Å². The Labute approximate surface area is 251 Å². The van der Waals surface area contributed by atoms with Crippen molar-refractivity contribution >= 4 is 39.1 Å². The van der Waals surface area contributed by atoms with E-state index in [-0.39, 0.29) is 41.4 Å². The van der Waals surface area contributed by atoms with Crippen LogP contribution < -0.4 is 14.4 Å². The Morgan fingerprint density at radius 3 is 2.31 bits per heavy atom. The van der Waals surface area contributed by atoms with Gasteiger partial charge in [-0.25, -0.2) is 12.8 Å². The van der Waals surface area contributed by atoms with Crippen LogP contribution in [0.15, 0.2) is 72.8 Å².